The number of benzene rings is 1. The van der Waals surface area contributed by atoms with Gasteiger partial charge in [0, 0.05) is 50.9 Å². The Labute approximate surface area is 204 Å². The first-order chi connectivity index (χ1) is 16.4. The van der Waals surface area contributed by atoms with Gasteiger partial charge in [-0.2, -0.15) is 9.61 Å². The fourth-order valence-corrected chi connectivity index (χ4v) is 4.43. The number of carbonyl (C=O) groups excluding carboxylic acids is 1. The summed E-state index contributed by atoms with van der Waals surface area (Å²) in [6.45, 7) is 4.51. The highest BCUT2D eigenvalue weighted by Crippen LogP contribution is 2.31. The normalized spacial score (nSPS) is 17.3. The molecule has 0 saturated carbocycles. The largest absolute Gasteiger partial charge is 0.493 e. The van der Waals surface area contributed by atoms with Crippen molar-refractivity contribution in [1.29, 1.82) is 0 Å². The van der Waals surface area contributed by atoms with Crippen LogP contribution in [0.15, 0.2) is 30.3 Å². The first-order valence-corrected chi connectivity index (χ1v) is 12.1. The van der Waals surface area contributed by atoms with Crippen LogP contribution in [0.5, 0.6) is 5.75 Å². The van der Waals surface area contributed by atoms with Gasteiger partial charge in [0.15, 0.2) is 5.65 Å². The van der Waals surface area contributed by atoms with Crippen LogP contribution >= 0.6 is 11.6 Å². The Bertz CT molecular complexity index is 1170. The van der Waals surface area contributed by atoms with Crippen molar-refractivity contribution in [1.82, 2.24) is 19.5 Å². The first kappa shape index (κ1) is 24.1. The topological polar surface area (TPSA) is 101 Å². The molecule has 1 aromatic carbocycles. The van der Waals surface area contributed by atoms with Crippen LogP contribution in [0.4, 0.5) is 11.6 Å². The van der Waals surface area contributed by atoms with Gasteiger partial charge in [-0.3, -0.25) is 4.79 Å². The van der Waals surface area contributed by atoms with Crippen LogP contribution in [-0.4, -0.2) is 65.7 Å². The average molecular weight is 486 g/mol. The molecule has 3 N–H and O–H groups in total. The fraction of sp³-hybridized carbons (Fsp3) is 0.458. The fourth-order valence-electron chi connectivity index (χ4n) is 4.26. The lowest BCUT2D eigenvalue weighted by molar-refractivity contribution is 0.0718. The minimum Gasteiger partial charge on any atom is -0.493 e. The van der Waals surface area contributed by atoms with Crippen LogP contribution in [0.2, 0.25) is 5.02 Å². The van der Waals surface area contributed by atoms with E-state index in [9.17, 15) is 4.79 Å². The number of nitrogens with one attached hydrogen (secondary N) is 1. The molecule has 0 saturated heterocycles. The van der Waals surface area contributed by atoms with Gasteiger partial charge >= 0.3 is 0 Å². The lowest BCUT2D eigenvalue weighted by atomic mass is 10.1. The standard InChI is InChI=1S/C24H32ClN7O2/c1-4-19-18-14-22-28-21(27-10-9-26)15-23(32(22)29-18)30(2)11-5-6-12-34-20-8-7-16(25)13-17(20)24(33)31(19)3/h7-8,13-15,19H,4-6,9-12,26H2,1-3H3,(H,27,28)/t19-/m0/s1. The molecule has 9 nitrogen and oxygen atoms in total. The summed E-state index contributed by atoms with van der Waals surface area (Å²) in [5, 5.41) is 8.67. The number of halogens is 1. The number of carbonyl (C=O) groups is 1. The number of hydrogen-bond donors (Lipinski definition) is 2. The Kier molecular flexibility index (Phi) is 7.43. The van der Waals surface area contributed by atoms with Gasteiger partial charge in [-0.05, 0) is 37.5 Å². The molecule has 0 aliphatic carbocycles. The summed E-state index contributed by atoms with van der Waals surface area (Å²) in [5.74, 6) is 2.06. The molecule has 10 heteroatoms. The van der Waals surface area contributed by atoms with Gasteiger partial charge in [0.05, 0.1) is 23.9 Å². The Morgan fingerprint density at radius 2 is 2.06 bits per heavy atom. The molecule has 0 radical (unpaired) electrons. The quantitative estimate of drug-likeness (QED) is 0.582. The number of aromatic nitrogens is 3. The van der Waals surface area contributed by atoms with E-state index in [1.807, 2.05) is 30.6 Å². The predicted octanol–water partition coefficient (Wildman–Crippen LogP) is 3.59. The molecule has 34 heavy (non-hydrogen) atoms. The summed E-state index contributed by atoms with van der Waals surface area (Å²) in [7, 11) is 3.84. The Morgan fingerprint density at radius 3 is 2.82 bits per heavy atom. The number of nitrogens with zero attached hydrogens (tertiary/aromatic N) is 5. The third-order valence-electron chi connectivity index (χ3n) is 6.10. The van der Waals surface area contributed by atoms with Gasteiger partial charge < -0.3 is 25.6 Å². The Hall–Kier alpha value is -3.04. The lowest BCUT2D eigenvalue weighted by Gasteiger charge is -2.26. The van der Waals surface area contributed by atoms with Crippen LogP contribution in [-0.2, 0) is 0 Å². The van der Waals surface area contributed by atoms with E-state index in [0.717, 1.165) is 42.4 Å². The third kappa shape index (κ3) is 4.90. The molecule has 1 amide bonds. The molecule has 1 atom stereocenters. The van der Waals surface area contributed by atoms with Gasteiger partial charge in [0.25, 0.3) is 5.91 Å². The van der Waals surface area contributed by atoms with Crippen LogP contribution in [0.25, 0.3) is 5.65 Å². The smallest absolute Gasteiger partial charge is 0.257 e. The molecule has 3 heterocycles. The van der Waals surface area contributed by atoms with E-state index < -0.39 is 0 Å². The molecule has 1 aliphatic heterocycles. The summed E-state index contributed by atoms with van der Waals surface area (Å²) < 4.78 is 7.87. The molecule has 0 spiro atoms. The minimum atomic E-state index is -0.246. The van der Waals surface area contributed by atoms with Crippen molar-refractivity contribution in [2.24, 2.45) is 5.73 Å². The van der Waals surface area contributed by atoms with E-state index in [4.69, 9.17) is 32.2 Å². The number of fused-ring (bicyclic) bond motifs is 2. The summed E-state index contributed by atoms with van der Waals surface area (Å²) >= 11 is 6.24. The second-order valence-corrected chi connectivity index (χ2v) is 8.95. The number of hydrogen-bond acceptors (Lipinski definition) is 7. The molecular formula is C24H32ClN7O2. The summed E-state index contributed by atoms with van der Waals surface area (Å²) in [6, 6.07) is 8.88. The Balaban J connectivity index is 1.81. The van der Waals surface area contributed by atoms with Crippen molar-refractivity contribution in [3.8, 4) is 5.75 Å². The Morgan fingerprint density at radius 1 is 1.24 bits per heavy atom. The first-order valence-electron chi connectivity index (χ1n) is 11.7. The highest BCUT2D eigenvalue weighted by molar-refractivity contribution is 6.31. The van der Waals surface area contributed by atoms with Gasteiger partial charge in [0.1, 0.15) is 17.4 Å². The van der Waals surface area contributed by atoms with Crippen molar-refractivity contribution in [3.05, 3.63) is 46.6 Å². The molecular weight excluding hydrogens is 454 g/mol. The second-order valence-electron chi connectivity index (χ2n) is 8.51. The van der Waals surface area contributed by atoms with Crippen LogP contribution in [0.1, 0.15) is 48.3 Å². The van der Waals surface area contributed by atoms with E-state index in [0.29, 0.717) is 42.5 Å². The van der Waals surface area contributed by atoms with Crippen molar-refractivity contribution < 1.29 is 9.53 Å². The highest BCUT2D eigenvalue weighted by Gasteiger charge is 2.27. The molecule has 1 aliphatic rings. The maximum atomic E-state index is 13.5. The number of anilines is 2. The zero-order valence-corrected chi connectivity index (χ0v) is 20.7. The van der Waals surface area contributed by atoms with Crippen molar-refractivity contribution in [3.63, 3.8) is 0 Å². The van der Waals surface area contributed by atoms with Crippen molar-refractivity contribution in [2.75, 3.05) is 50.6 Å². The predicted molar refractivity (Wildman–Crippen MR) is 135 cm³/mol. The molecule has 2 aromatic heterocycles. The van der Waals surface area contributed by atoms with Crippen molar-refractivity contribution in [2.45, 2.75) is 32.2 Å². The van der Waals surface area contributed by atoms with E-state index in [1.54, 1.807) is 30.1 Å². The average Bonchev–Trinajstić information content (AvgIpc) is 3.25. The maximum absolute atomic E-state index is 13.5. The van der Waals surface area contributed by atoms with Crippen LogP contribution < -0.4 is 20.7 Å². The van der Waals surface area contributed by atoms with Crippen LogP contribution in [0, 0.1) is 0 Å². The number of ether oxygens (including phenoxy) is 1. The highest BCUT2D eigenvalue weighted by atomic mass is 35.5. The molecule has 2 bridgehead atoms. The minimum absolute atomic E-state index is 0.160. The molecule has 182 valence electrons. The second kappa shape index (κ2) is 10.5. The van der Waals surface area contributed by atoms with E-state index in [1.165, 1.54) is 0 Å². The maximum Gasteiger partial charge on any atom is 0.257 e. The van der Waals surface area contributed by atoms with Gasteiger partial charge in [-0.1, -0.05) is 18.5 Å². The van der Waals surface area contributed by atoms with Crippen molar-refractivity contribution >= 4 is 34.8 Å². The molecule has 0 fully saturated rings. The molecule has 0 unspecified atom stereocenters. The number of nitrogens with two attached hydrogens (primary N) is 1. The lowest BCUT2D eigenvalue weighted by Crippen LogP contribution is -2.31. The monoisotopic (exact) mass is 485 g/mol. The van der Waals surface area contributed by atoms with Crippen LogP contribution in [0.3, 0.4) is 0 Å². The summed E-state index contributed by atoms with van der Waals surface area (Å²) in [6.07, 6.45) is 2.44. The van der Waals surface area contributed by atoms with E-state index >= 15 is 0 Å². The van der Waals surface area contributed by atoms with Gasteiger partial charge in [0.2, 0.25) is 0 Å². The summed E-state index contributed by atoms with van der Waals surface area (Å²) in [5.41, 5.74) is 7.63. The van der Waals surface area contributed by atoms with E-state index in [-0.39, 0.29) is 11.9 Å². The third-order valence-corrected chi connectivity index (χ3v) is 6.34. The zero-order chi connectivity index (χ0) is 24.2. The SMILES string of the molecule is CC[C@H]1c2cc3nc(NCCN)cc(n3n2)N(C)CCCCOc2ccc(Cl)cc2C(=O)N1C. The zero-order valence-electron chi connectivity index (χ0n) is 19.9. The molecule has 4 rings (SSSR count). The van der Waals surface area contributed by atoms with Gasteiger partial charge in [-0.25, -0.2) is 4.98 Å². The molecule has 3 aromatic rings. The summed E-state index contributed by atoms with van der Waals surface area (Å²) in [4.78, 5) is 22.2. The number of rotatable bonds is 4. The van der Waals surface area contributed by atoms with E-state index in [2.05, 4.69) is 10.2 Å². The number of amides is 1. The van der Waals surface area contributed by atoms with Gasteiger partial charge in [-0.15, -0.1) is 0 Å².